The van der Waals surface area contributed by atoms with Crippen LogP contribution in [0.1, 0.15) is 12.0 Å². The number of hydrogen-bond donors (Lipinski definition) is 1. The molecule has 0 saturated carbocycles. The predicted molar refractivity (Wildman–Crippen MR) is 65.6 cm³/mol. The maximum Gasteiger partial charge on any atom is 0.161 e. The van der Waals surface area contributed by atoms with Crippen LogP contribution in [0.3, 0.4) is 0 Å². The van der Waals surface area contributed by atoms with Crippen molar-refractivity contribution in [3.63, 3.8) is 0 Å². The third-order valence-corrected chi connectivity index (χ3v) is 2.59. The fraction of sp³-hybridized carbons (Fsp3) is 0.538. The van der Waals surface area contributed by atoms with Crippen molar-refractivity contribution in [2.24, 2.45) is 0 Å². The second-order valence-electron chi connectivity index (χ2n) is 3.99. The summed E-state index contributed by atoms with van der Waals surface area (Å²) in [6, 6.07) is 5.96. The Morgan fingerprint density at radius 2 is 2.06 bits per heavy atom. The molecule has 0 spiro atoms. The molecule has 1 aromatic rings. The maximum atomic E-state index is 5.58. The standard InChI is InChI=1S/C13H19NO3/c1-14-5-2-6-15-10-11-3-4-12-13(9-11)17-8-7-16-12/h3-4,9,14H,2,5-8,10H2,1H3. The van der Waals surface area contributed by atoms with Crippen molar-refractivity contribution in [1.29, 1.82) is 0 Å². The van der Waals surface area contributed by atoms with Gasteiger partial charge in [-0.3, -0.25) is 0 Å². The lowest BCUT2D eigenvalue weighted by Gasteiger charge is -2.18. The molecule has 1 aliphatic heterocycles. The minimum atomic E-state index is 0.624. The topological polar surface area (TPSA) is 39.7 Å². The van der Waals surface area contributed by atoms with Crippen LogP contribution in [0.2, 0.25) is 0 Å². The Morgan fingerprint density at radius 1 is 1.24 bits per heavy atom. The van der Waals surface area contributed by atoms with Crippen molar-refractivity contribution in [2.75, 3.05) is 33.4 Å². The van der Waals surface area contributed by atoms with E-state index in [9.17, 15) is 0 Å². The zero-order chi connectivity index (χ0) is 11.9. The lowest BCUT2D eigenvalue weighted by Crippen LogP contribution is -2.15. The number of rotatable bonds is 6. The van der Waals surface area contributed by atoms with Crippen LogP contribution in [0.15, 0.2) is 18.2 Å². The molecule has 17 heavy (non-hydrogen) atoms. The average molecular weight is 237 g/mol. The largest absolute Gasteiger partial charge is 0.486 e. The van der Waals surface area contributed by atoms with Crippen molar-refractivity contribution < 1.29 is 14.2 Å². The first-order chi connectivity index (χ1) is 8.40. The highest BCUT2D eigenvalue weighted by molar-refractivity contribution is 5.43. The summed E-state index contributed by atoms with van der Waals surface area (Å²) in [6.07, 6.45) is 1.03. The van der Waals surface area contributed by atoms with Gasteiger partial charge in [-0.05, 0) is 37.7 Å². The van der Waals surface area contributed by atoms with Crippen LogP contribution in [-0.2, 0) is 11.3 Å². The van der Waals surface area contributed by atoms with Gasteiger partial charge in [-0.1, -0.05) is 6.07 Å². The summed E-state index contributed by atoms with van der Waals surface area (Å²) in [4.78, 5) is 0. The van der Waals surface area contributed by atoms with Crippen LogP contribution in [0.25, 0.3) is 0 Å². The molecule has 1 heterocycles. The van der Waals surface area contributed by atoms with E-state index in [0.29, 0.717) is 19.8 Å². The molecule has 0 amide bonds. The van der Waals surface area contributed by atoms with E-state index in [1.54, 1.807) is 0 Å². The fourth-order valence-corrected chi connectivity index (χ4v) is 1.72. The van der Waals surface area contributed by atoms with Gasteiger partial charge in [0.15, 0.2) is 11.5 Å². The lowest BCUT2D eigenvalue weighted by atomic mass is 10.2. The summed E-state index contributed by atoms with van der Waals surface area (Å²) in [7, 11) is 1.95. The molecule has 0 unspecified atom stereocenters. The molecule has 0 fully saturated rings. The third kappa shape index (κ3) is 3.61. The Kier molecular flexibility index (Phi) is 4.64. The Balaban J connectivity index is 1.81. The van der Waals surface area contributed by atoms with E-state index in [1.165, 1.54) is 0 Å². The summed E-state index contributed by atoms with van der Waals surface area (Å²) in [5.74, 6) is 1.66. The van der Waals surface area contributed by atoms with Gasteiger partial charge in [0.05, 0.1) is 6.61 Å². The van der Waals surface area contributed by atoms with E-state index < -0.39 is 0 Å². The Morgan fingerprint density at radius 3 is 2.88 bits per heavy atom. The molecule has 0 aromatic heterocycles. The molecule has 1 aromatic carbocycles. The van der Waals surface area contributed by atoms with E-state index in [4.69, 9.17) is 14.2 Å². The molecule has 0 atom stereocenters. The highest BCUT2D eigenvalue weighted by Crippen LogP contribution is 2.30. The molecule has 0 bridgehead atoms. The van der Waals surface area contributed by atoms with E-state index in [2.05, 4.69) is 5.32 Å². The molecule has 1 N–H and O–H groups in total. The Labute approximate surface area is 102 Å². The molecule has 0 saturated heterocycles. The van der Waals surface area contributed by atoms with Crippen LogP contribution >= 0.6 is 0 Å². The van der Waals surface area contributed by atoms with Crippen LogP contribution in [0.5, 0.6) is 11.5 Å². The van der Waals surface area contributed by atoms with Gasteiger partial charge in [-0.2, -0.15) is 0 Å². The summed E-state index contributed by atoms with van der Waals surface area (Å²) >= 11 is 0. The Hall–Kier alpha value is -1.26. The molecular formula is C13H19NO3. The second-order valence-corrected chi connectivity index (χ2v) is 3.99. The number of nitrogens with one attached hydrogen (secondary N) is 1. The molecule has 94 valence electrons. The SMILES string of the molecule is CNCCCOCc1ccc2c(c1)OCCO2. The fourth-order valence-electron chi connectivity index (χ4n) is 1.72. The second kappa shape index (κ2) is 6.47. The van der Waals surface area contributed by atoms with E-state index in [-0.39, 0.29) is 0 Å². The number of fused-ring (bicyclic) bond motifs is 1. The summed E-state index contributed by atoms with van der Waals surface area (Å²) in [5.41, 5.74) is 1.12. The highest BCUT2D eigenvalue weighted by atomic mass is 16.6. The predicted octanol–water partition coefficient (Wildman–Crippen LogP) is 1.58. The molecule has 4 heteroatoms. The molecule has 0 radical (unpaired) electrons. The molecular weight excluding hydrogens is 218 g/mol. The van der Waals surface area contributed by atoms with Crippen LogP contribution in [0.4, 0.5) is 0 Å². The van der Waals surface area contributed by atoms with Crippen LogP contribution < -0.4 is 14.8 Å². The molecule has 1 aliphatic rings. The number of hydrogen-bond acceptors (Lipinski definition) is 4. The van der Waals surface area contributed by atoms with Crippen molar-refractivity contribution in [2.45, 2.75) is 13.0 Å². The summed E-state index contributed by atoms with van der Waals surface area (Å²) < 4.78 is 16.6. The highest BCUT2D eigenvalue weighted by Gasteiger charge is 2.11. The van der Waals surface area contributed by atoms with Gasteiger partial charge >= 0.3 is 0 Å². The quantitative estimate of drug-likeness (QED) is 0.763. The first-order valence-corrected chi connectivity index (χ1v) is 6.01. The van der Waals surface area contributed by atoms with E-state index >= 15 is 0 Å². The van der Waals surface area contributed by atoms with Gasteiger partial charge in [0.1, 0.15) is 13.2 Å². The number of ether oxygens (including phenoxy) is 3. The van der Waals surface area contributed by atoms with Gasteiger partial charge in [-0.15, -0.1) is 0 Å². The van der Waals surface area contributed by atoms with Crippen molar-refractivity contribution in [3.05, 3.63) is 23.8 Å². The first-order valence-electron chi connectivity index (χ1n) is 6.01. The lowest BCUT2D eigenvalue weighted by molar-refractivity contribution is 0.118. The van der Waals surface area contributed by atoms with E-state index in [1.807, 2.05) is 25.2 Å². The van der Waals surface area contributed by atoms with Gasteiger partial charge in [0, 0.05) is 6.61 Å². The molecule has 2 rings (SSSR count). The van der Waals surface area contributed by atoms with Crippen molar-refractivity contribution in [1.82, 2.24) is 5.32 Å². The number of benzene rings is 1. The molecule has 0 aliphatic carbocycles. The summed E-state index contributed by atoms with van der Waals surface area (Å²) in [5, 5.41) is 3.09. The van der Waals surface area contributed by atoms with Crippen LogP contribution in [0, 0.1) is 0 Å². The minimum absolute atomic E-state index is 0.624. The minimum Gasteiger partial charge on any atom is -0.486 e. The van der Waals surface area contributed by atoms with Crippen molar-refractivity contribution >= 4 is 0 Å². The van der Waals surface area contributed by atoms with Gasteiger partial charge in [0.25, 0.3) is 0 Å². The maximum absolute atomic E-state index is 5.58. The normalized spacial score (nSPS) is 13.7. The smallest absolute Gasteiger partial charge is 0.161 e. The Bertz CT molecular complexity index is 355. The van der Waals surface area contributed by atoms with Crippen molar-refractivity contribution in [3.8, 4) is 11.5 Å². The monoisotopic (exact) mass is 237 g/mol. The molecule has 4 nitrogen and oxygen atoms in total. The summed E-state index contributed by atoms with van der Waals surface area (Å²) in [6.45, 7) is 3.64. The zero-order valence-corrected chi connectivity index (χ0v) is 10.2. The van der Waals surface area contributed by atoms with Gasteiger partial charge in [0.2, 0.25) is 0 Å². The van der Waals surface area contributed by atoms with Gasteiger partial charge < -0.3 is 19.5 Å². The van der Waals surface area contributed by atoms with E-state index in [0.717, 1.165) is 36.6 Å². The van der Waals surface area contributed by atoms with Gasteiger partial charge in [-0.25, -0.2) is 0 Å². The third-order valence-electron chi connectivity index (χ3n) is 2.59. The zero-order valence-electron chi connectivity index (χ0n) is 10.2. The average Bonchev–Trinajstić information content (AvgIpc) is 2.38. The first kappa shape index (κ1) is 12.2. The van der Waals surface area contributed by atoms with Crippen LogP contribution in [-0.4, -0.2) is 33.4 Å².